The number of aryl methyl sites for hydroxylation is 1. The minimum atomic E-state index is -0.171. The second-order valence-electron chi connectivity index (χ2n) is 4.84. The number of carbonyl (C=O) groups excluding carboxylic acids is 1. The van der Waals surface area contributed by atoms with Gasteiger partial charge in [-0.05, 0) is 54.0 Å². The molecule has 21 heavy (non-hydrogen) atoms. The summed E-state index contributed by atoms with van der Waals surface area (Å²) in [5.41, 5.74) is 1.70. The van der Waals surface area contributed by atoms with Gasteiger partial charge in [0.1, 0.15) is 17.0 Å². The second kappa shape index (κ2) is 7.22. The third kappa shape index (κ3) is 4.56. The summed E-state index contributed by atoms with van der Waals surface area (Å²) in [4.78, 5) is 16.1. The van der Waals surface area contributed by atoms with Crippen molar-refractivity contribution in [2.45, 2.75) is 19.9 Å². The predicted octanol–water partition coefficient (Wildman–Crippen LogP) is 3.35. The van der Waals surface area contributed by atoms with E-state index in [4.69, 9.17) is 4.74 Å². The van der Waals surface area contributed by atoms with Gasteiger partial charge in [0, 0.05) is 6.20 Å². The van der Waals surface area contributed by atoms with Gasteiger partial charge in [-0.1, -0.05) is 17.7 Å². The normalized spacial score (nSPS) is 11.8. The lowest BCUT2D eigenvalue weighted by molar-refractivity contribution is 0.0925. The highest BCUT2D eigenvalue weighted by atomic mass is 79.9. The summed E-state index contributed by atoms with van der Waals surface area (Å²) in [6.45, 7) is 4.33. The van der Waals surface area contributed by atoms with Crippen molar-refractivity contribution in [1.82, 2.24) is 10.3 Å². The lowest BCUT2D eigenvalue weighted by atomic mass is 10.2. The summed E-state index contributed by atoms with van der Waals surface area (Å²) in [5.74, 6) is 0.624. The van der Waals surface area contributed by atoms with Crippen LogP contribution >= 0.6 is 15.9 Å². The van der Waals surface area contributed by atoms with E-state index in [2.05, 4.69) is 26.2 Å². The van der Waals surface area contributed by atoms with E-state index in [1.54, 1.807) is 18.3 Å². The topological polar surface area (TPSA) is 51.2 Å². The highest BCUT2D eigenvalue weighted by molar-refractivity contribution is 9.10. The van der Waals surface area contributed by atoms with Crippen LogP contribution < -0.4 is 10.1 Å². The quantitative estimate of drug-likeness (QED) is 0.843. The fourth-order valence-electron chi connectivity index (χ4n) is 1.75. The van der Waals surface area contributed by atoms with Gasteiger partial charge in [-0.25, -0.2) is 4.98 Å². The SMILES string of the molecule is Cc1ccc(OCC(C)NC(=O)c2cccnc2Br)cc1. The standard InChI is InChI=1S/C16H17BrN2O2/c1-11-5-7-13(8-6-11)21-10-12(2)19-16(20)14-4-3-9-18-15(14)17/h3-9,12H,10H2,1-2H3,(H,19,20). The minimum Gasteiger partial charge on any atom is -0.491 e. The summed E-state index contributed by atoms with van der Waals surface area (Å²) in [5, 5.41) is 2.88. The number of ether oxygens (including phenoxy) is 1. The van der Waals surface area contributed by atoms with Crippen LogP contribution in [0.5, 0.6) is 5.75 Å². The van der Waals surface area contributed by atoms with Crippen molar-refractivity contribution in [2.75, 3.05) is 6.61 Å². The van der Waals surface area contributed by atoms with E-state index in [0.717, 1.165) is 5.75 Å². The maximum Gasteiger partial charge on any atom is 0.254 e. The van der Waals surface area contributed by atoms with Crippen molar-refractivity contribution in [2.24, 2.45) is 0 Å². The Bertz CT molecular complexity index is 614. The molecule has 1 unspecified atom stereocenters. The van der Waals surface area contributed by atoms with E-state index in [1.165, 1.54) is 5.56 Å². The van der Waals surface area contributed by atoms with Crippen LogP contribution in [0.4, 0.5) is 0 Å². The number of carbonyl (C=O) groups is 1. The Labute approximate surface area is 132 Å². The predicted molar refractivity (Wildman–Crippen MR) is 85.5 cm³/mol. The molecule has 1 aromatic heterocycles. The molecule has 2 aromatic rings. The molecule has 2 rings (SSSR count). The van der Waals surface area contributed by atoms with Crippen molar-refractivity contribution in [3.63, 3.8) is 0 Å². The number of amides is 1. The highest BCUT2D eigenvalue weighted by Gasteiger charge is 2.13. The zero-order chi connectivity index (χ0) is 15.2. The van der Waals surface area contributed by atoms with Gasteiger partial charge in [-0.15, -0.1) is 0 Å². The van der Waals surface area contributed by atoms with E-state index in [1.807, 2.05) is 38.1 Å². The smallest absolute Gasteiger partial charge is 0.254 e. The van der Waals surface area contributed by atoms with E-state index < -0.39 is 0 Å². The van der Waals surface area contributed by atoms with Crippen LogP contribution in [-0.4, -0.2) is 23.5 Å². The maximum atomic E-state index is 12.1. The van der Waals surface area contributed by atoms with Gasteiger partial charge in [0.15, 0.2) is 0 Å². The van der Waals surface area contributed by atoms with E-state index in [9.17, 15) is 4.79 Å². The molecule has 1 amide bonds. The molecule has 0 radical (unpaired) electrons. The molecule has 0 aliphatic heterocycles. The molecule has 0 saturated carbocycles. The van der Waals surface area contributed by atoms with Gasteiger partial charge in [0.25, 0.3) is 5.91 Å². The fourth-order valence-corrected chi connectivity index (χ4v) is 2.18. The van der Waals surface area contributed by atoms with Crippen molar-refractivity contribution < 1.29 is 9.53 Å². The first-order chi connectivity index (χ1) is 10.1. The van der Waals surface area contributed by atoms with Gasteiger partial charge in [-0.2, -0.15) is 0 Å². The average molecular weight is 349 g/mol. The van der Waals surface area contributed by atoms with Crippen molar-refractivity contribution >= 4 is 21.8 Å². The first kappa shape index (κ1) is 15.5. The Morgan fingerprint density at radius 1 is 1.33 bits per heavy atom. The van der Waals surface area contributed by atoms with Crippen LogP contribution in [-0.2, 0) is 0 Å². The lowest BCUT2D eigenvalue weighted by Crippen LogP contribution is -2.37. The third-order valence-corrected chi connectivity index (χ3v) is 3.53. The molecule has 5 heteroatoms. The molecule has 1 N–H and O–H groups in total. The Morgan fingerprint density at radius 3 is 2.71 bits per heavy atom. The van der Waals surface area contributed by atoms with E-state index in [0.29, 0.717) is 16.8 Å². The summed E-state index contributed by atoms with van der Waals surface area (Å²) in [6.07, 6.45) is 1.63. The van der Waals surface area contributed by atoms with Gasteiger partial charge in [0.05, 0.1) is 11.6 Å². The number of halogens is 1. The van der Waals surface area contributed by atoms with Gasteiger partial charge in [-0.3, -0.25) is 4.79 Å². The molecule has 0 bridgehead atoms. The van der Waals surface area contributed by atoms with Crippen LogP contribution in [0.25, 0.3) is 0 Å². The molecular formula is C16H17BrN2O2. The van der Waals surface area contributed by atoms with Gasteiger partial charge >= 0.3 is 0 Å². The molecule has 0 aliphatic carbocycles. The van der Waals surface area contributed by atoms with Crippen molar-refractivity contribution in [3.05, 3.63) is 58.3 Å². The number of hydrogen-bond acceptors (Lipinski definition) is 3. The Kier molecular flexibility index (Phi) is 5.33. The van der Waals surface area contributed by atoms with Gasteiger partial charge in [0.2, 0.25) is 0 Å². The molecule has 0 saturated heterocycles. The summed E-state index contributed by atoms with van der Waals surface area (Å²) < 4.78 is 6.18. The first-order valence-electron chi connectivity index (χ1n) is 6.67. The van der Waals surface area contributed by atoms with Gasteiger partial charge < -0.3 is 10.1 Å². The number of nitrogens with one attached hydrogen (secondary N) is 1. The molecule has 0 spiro atoms. The van der Waals surface area contributed by atoms with Crippen LogP contribution in [0.2, 0.25) is 0 Å². The lowest BCUT2D eigenvalue weighted by Gasteiger charge is -2.15. The van der Waals surface area contributed by atoms with Crippen LogP contribution in [0.1, 0.15) is 22.8 Å². The molecular weight excluding hydrogens is 332 g/mol. The molecule has 1 aromatic carbocycles. The molecule has 110 valence electrons. The summed E-state index contributed by atoms with van der Waals surface area (Å²) in [6, 6.07) is 11.2. The highest BCUT2D eigenvalue weighted by Crippen LogP contribution is 2.13. The number of rotatable bonds is 5. The Morgan fingerprint density at radius 2 is 2.05 bits per heavy atom. The summed E-state index contributed by atoms with van der Waals surface area (Å²) in [7, 11) is 0. The Hall–Kier alpha value is -1.88. The summed E-state index contributed by atoms with van der Waals surface area (Å²) >= 11 is 3.27. The second-order valence-corrected chi connectivity index (χ2v) is 5.59. The molecule has 1 atom stereocenters. The minimum absolute atomic E-state index is 0.106. The molecule has 0 aliphatic rings. The molecule has 4 nitrogen and oxygen atoms in total. The largest absolute Gasteiger partial charge is 0.491 e. The monoisotopic (exact) mass is 348 g/mol. The number of hydrogen-bond donors (Lipinski definition) is 1. The first-order valence-corrected chi connectivity index (χ1v) is 7.46. The number of aromatic nitrogens is 1. The maximum absolute atomic E-state index is 12.1. The van der Waals surface area contributed by atoms with E-state index in [-0.39, 0.29) is 11.9 Å². The fraction of sp³-hybridized carbons (Fsp3) is 0.250. The average Bonchev–Trinajstić information content (AvgIpc) is 2.47. The van der Waals surface area contributed by atoms with Crippen LogP contribution in [0, 0.1) is 6.92 Å². The zero-order valence-corrected chi connectivity index (χ0v) is 13.6. The van der Waals surface area contributed by atoms with E-state index >= 15 is 0 Å². The van der Waals surface area contributed by atoms with Crippen molar-refractivity contribution in [1.29, 1.82) is 0 Å². The number of benzene rings is 1. The number of pyridine rings is 1. The molecule has 1 heterocycles. The molecule has 0 fully saturated rings. The van der Waals surface area contributed by atoms with Crippen molar-refractivity contribution in [3.8, 4) is 5.75 Å². The van der Waals surface area contributed by atoms with Crippen LogP contribution in [0.3, 0.4) is 0 Å². The van der Waals surface area contributed by atoms with Crippen LogP contribution in [0.15, 0.2) is 47.2 Å². The zero-order valence-electron chi connectivity index (χ0n) is 12.0. The Balaban J connectivity index is 1.87. The third-order valence-electron chi connectivity index (χ3n) is 2.90. The number of nitrogens with zero attached hydrogens (tertiary/aromatic N) is 1.